The second kappa shape index (κ2) is 9.90. The monoisotopic (exact) mass is 447 g/mol. The van der Waals surface area contributed by atoms with Crippen LogP contribution >= 0.6 is 0 Å². The van der Waals surface area contributed by atoms with Gasteiger partial charge in [-0.05, 0) is 30.7 Å². The topological polar surface area (TPSA) is 165 Å². The third-order valence-corrected chi connectivity index (χ3v) is 5.57. The summed E-state index contributed by atoms with van der Waals surface area (Å²) in [5, 5.41) is 9.66. The first-order chi connectivity index (χ1) is 16.0. The number of hydrogen-bond acceptors (Lipinski definition) is 10. The van der Waals surface area contributed by atoms with Crippen LogP contribution in [0, 0.1) is 10.8 Å². The van der Waals surface area contributed by atoms with Crippen molar-refractivity contribution in [1.29, 1.82) is 0 Å². The molecule has 0 spiro atoms. The number of piperidine rings is 1. The summed E-state index contributed by atoms with van der Waals surface area (Å²) in [5.74, 6) is 1.23. The van der Waals surface area contributed by atoms with Crippen LogP contribution in [-0.2, 0) is 0 Å². The van der Waals surface area contributed by atoms with Gasteiger partial charge in [0.25, 0.3) is 5.91 Å². The highest BCUT2D eigenvalue weighted by Gasteiger charge is 2.31. The molecule has 0 saturated carbocycles. The number of pyridine rings is 3. The summed E-state index contributed by atoms with van der Waals surface area (Å²) in [6.07, 6.45) is 5.41. The summed E-state index contributed by atoms with van der Waals surface area (Å²) in [5.41, 5.74) is 12.7. The lowest BCUT2D eigenvalue weighted by atomic mass is 9.91. The molecule has 4 heterocycles. The lowest BCUT2D eigenvalue weighted by molar-refractivity contribution is 0.100. The zero-order valence-corrected chi connectivity index (χ0v) is 17.9. The van der Waals surface area contributed by atoms with Gasteiger partial charge in [-0.15, -0.1) is 0 Å². The van der Waals surface area contributed by atoms with E-state index in [2.05, 4.69) is 35.7 Å². The van der Waals surface area contributed by atoms with Gasteiger partial charge in [0, 0.05) is 43.5 Å². The molecular formula is C22H25N9O2. The molecule has 0 bridgehead atoms. The molecule has 1 fully saturated rings. The average Bonchev–Trinajstić information content (AvgIpc) is 2.81. The van der Waals surface area contributed by atoms with Crippen molar-refractivity contribution in [3.05, 3.63) is 65.5 Å². The number of nitroso groups, excluding NO2 is 1. The quantitative estimate of drug-likeness (QED) is 0.379. The molecule has 1 amide bonds. The number of rotatable bonds is 8. The van der Waals surface area contributed by atoms with Crippen LogP contribution in [0.25, 0.3) is 0 Å². The van der Waals surface area contributed by atoms with Crippen molar-refractivity contribution in [2.24, 2.45) is 16.8 Å². The van der Waals surface area contributed by atoms with Crippen molar-refractivity contribution in [2.75, 3.05) is 40.9 Å². The van der Waals surface area contributed by atoms with Gasteiger partial charge in [-0.3, -0.25) is 4.79 Å². The molecule has 6 N–H and O–H groups in total. The van der Waals surface area contributed by atoms with Crippen molar-refractivity contribution in [3.8, 4) is 0 Å². The lowest BCUT2D eigenvalue weighted by Gasteiger charge is -2.39. The van der Waals surface area contributed by atoms with Crippen LogP contribution < -0.4 is 27.0 Å². The molecule has 11 nitrogen and oxygen atoms in total. The maximum absolute atomic E-state index is 12.0. The molecule has 2 atom stereocenters. The summed E-state index contributed by atoms with van der Waals surface area (Å²) in [4.78, 5) is 38.2. The molecule has 3 aromatic heterocycles. The van der Waals surface area contributed by atoms with E-state index in [1.807, 2.05) is 24.3 Å². The molecule has 170 valence electrons. The lowest BCUT2D eigenvalue weighted by Crippen LogP contribution is -2.48. The smallest absolute Gasteiger partial charge is 0.252 e. The summed E-state index contributed by atoms with van der Waals surface area (Å²) in [7, 11) is 0. The summed E-state index contributed by atoms with van der Waals surface area (Å²) in [6, 6.07) is 10.8. The van der Waals surface area contributed by atoms with Gasteiger partial charge in [0.2, 0.25) is 0 Å². The third-order valence-electron chi connectivity index (χ3n) is 5.57. The van der Waals surface area contributed by atoms with Gasteiger partial charge in [0.1, 0.15) is 17.5 Å². The molecule has 0 unspecified atom stereocenters. The predicted octanol–water partition coefficient (Wildman–Crippen LogP) is 2.37. The fraction of sp³-hybridized carbons (Fsp3) is 0.273. The second-order valence-corrected chi connectivity index (χ2v) is 7.83. The minimum Gasteiger partial charge on any atom is -0.397 e. The zero-order chi connectivity index (χ0) is 23.2. The summed E-state index contributed by atoms with van der Waals surface area (Å²) in [6.45, 7) is 1.41. The van der Waals surface area contributed by atoms with Crippen molar-refractivity contribution < 1.29 is 4.79 Å². The first kappa shape index (κ1) is 21.9. The Balaban J connectivity index is 1.54. The van der Waals surface area contributed by atoms with Crippen molar-refractivity contribution in [1.82, 2.24) is 15.0 Å². The van der Waals surface area contributed by atoms with Gasteiger partial charge in [-0.2, -0.15) is 4.91 Å². The number of anilines is 5. The summed E-state index contributed by atoms with van der Waals surface area (Å²) >= 11 is 0. The number of nitrogens with one attached hydrogen (secondary N) is 2. The van der Waals surface area contributed by atoms with Gasteiger partial charge in [-0.25, -0.2) is 15.0 Å². The van der Waals surface area contributed by atoms with E-state index in [-0.39, 0.29) is 24.1 Å². The first-order valence-corrected chi connectivity index (χ1v) is 10.5. The Kier molecular flexibility index (Phi) is 6.58. The number of nitrogen functional groups attached to an aromatic ring is 1. The number of nitrogens with zero attached hydrogens (tertiary/aromatic N) is 5. The SMILES string of the molecule is NC(=O)c1cnc(Nc2ccccn2)cc1N[C@@H]1CCN(c2ccc(N)cn2)C[C@@H]1CN=O. The van der Waals surface area contributed by atoms with Gasteiger partial charge in [0.05, 0.1) is 29.7 Å². The molecule has 11 heteroatoms. The van der Waals surface area contributed by atoms with Crippen molar-refractivity contribution in [2.45, 2.75) is 12.5 Å². The number of nitrogens with two attached hydrogens (primary N) is 2. The molecule has 1 saturated heterocycles. The van der Waals surface area contributed by atoms with E-state index in [1.165, 1.54) is 6.20 Å². The average molecular weight is 448 g/mol. The minimum absolute atomic E-state index is 0.100. The Morgan fingerprint density at radius 2 is 2.03 bits per heavy atom. The highest BCUT2D eigenvalue weighted by atomic mass is 16.3. The fourth-order valence-corrected chi connectivity index (χ4v) is 3.90. The Labute approximate surface area is 190 Å². The number of hydrogen-bond donors (Lipinski definition) is 4. The van der Waals surface area contributed by atoms with Gasteiger partial charge in [0.15, 0.2) is 0 Å². The zero-order valence-electron chi connectivity index (χ0n) is 17.9. The predicted molar refractivity (Wildman–Crippen MR) is 127 cm³/mol. The molecule has 0 aliphatic carbocycles. The normalized spacial score (nSPS) is 17.9. The van der Waals surface area contributed by atoms with Gasteiger partial charge >= 0.3 is 0 Å². The molecule has 4 rings (SSSR count). The second-order valence-electron chi connectivity index (χ2n) is 7.83. The first-order valence-electron chi connectivity index (χ1n) is 10.5. The largest absolute Gasteiger partial charge is 0.397 e. The highest BCUT2D eigenvalue weighted by molar-refractivity contribution is 5.98. The van der Waals surface area contributed by atoms with Crippen LogP contribution in [0.3, 0.4) is 0 Å². The number of aromatic nitrogens is 3. The maximum atomic E-state index is 12.0. The third kappa shape index (κ3) is 5.32. The van der Waals surface area contributed by atoms with Crippen molar-refractivity contribution in [3.63, 3.8) is 0 Å². The Hall–Kier alpha value is -4.28. The Morgan fingerprint density at radius 1 is 1.15 bits per heavy atom. The Bertz CT molecular complexity index is 1110. The van der Waals surface area contributed by atoms with E-state index >= 15 is 0 Å². The Morgan fingerprint density at radius 3 is 2.73 bits per heavy atom. The highest BCUT2D eigenvalue weighted by Crippen LogP contribution is 2.28. The molecule has 33 heavy (non-hydrogen) atoms. The van der Waals surface area contributed by atoms with Crippen LogP contribution in [0.1, 0.15) is 16.8 Å². The van der Waals surface area contributed by atoms with Crippen LogP contribution in [0.2, 0.25) is 0 Å². The van der Waals surface area contributed by atoms with E-state index in [0.29, 0.717) is 42.5 Å². The van der Waals surface area contributed by atoms with Gasteiger partial charge in [-0.1, -0.05) is 11.2 Å². The van der Waals surface area contributed by atoms with Crippen LogP contribution in [-0.4, -0.2) is 46.5 Å². The molecule has 0 aromatic carbocycles. The van der Waals surface area contributed by atoms with E-state index < -0.39 is 5.91 Å². The number of carbonyl (C=O) groups is 1. The van der Waals surface area contributed by atoms with Crippen LogP contribution in [0.15, 0.2) is 60.2 Å². The van der Waals surface area contributed by atoms with E-state index in [1.54, 1.807) is 24.5 Å². The number of carbonyl (C=O) groups excluding carboxylic acids is 1. The molecular weight excluding hydrogens is 422 g/mol. The summed E-state index contributed by atoms with van der Waals surface area (Å²) < 4.78 is 0. The van der Waals surface area contributed by atoms with Crippen molar-refractivity contribution >= 4 is 34.7 Å². The molecule has 0 radical (unpaired) electrons. The van der Waals surface area contributed by atoms with E-state index in [4.69, 9.17) is 11.5 Å². The van der Waals surface area contributed by atoms with Crippen LogP contribution in [0.5, 0.6) is 0 Å². The van der Waals surface area contributed by atoms with Gasteiger partial charge < -0.3 is 27.0 Å². The molecule has 1 aliphatic heterocycles. The number of amides is 1. The minimum atomic E-state index is -0.594. The molecule has 1 aliphatic rings. The fourth-order valence-electron chi connectivity index (χ4n) is 3.90. The standard InChI is InChI=1S/C22H25N9O2/c23-15-4-5-21(27-11-15)31-8-6-17(14(13-31)10-28-33)29-18-9-20(26-12-16(18)22(24)32)30-19-3-1-2-7-25-19/h1-5,7,9,11-12,14,17H,6,8,10,13,23H2,(H2,24,32)(H2,25,26,29,30)/t14-,17+/m0/s1. The van der Waals surface area contributed by atoms with E-state index in [9.17, 15) is 9.70 Å². The van der Waals surface area contributed by atoms with Crippen LogP contribution in [0.4, 0.5) is 28.8 Å². The van der Waals surface area contributed by atoms with E-state index in [0.717, 1.165) is 5.82 Å². The maximum Gasteiger partial charge on any atom is 0.252 e. The molecule has 3 aromatic rings. The number of primary amides is 1.